The molecule has 0 aliphatic heterocycles. The van der Waals surface area contributed by atoms with Crippen LogP contribution in [-0.4, -0.2) is 98.3 Å². The van der Waals surface area contributed by atoms with Gasteiger partial charge < -0.3 is 39.9 Å². The van der Waals surface area contributed by atoms with Gasteiger partial charge in [-0.15, -0.1) is 6.58 Å². The third-order valence-electron chi connectivity index (χ3n) is 9.99. The molecule has 0 bridgehead atoms. The largest absolute Gasteiger partial charge is 0.472 e. The number of carbonyl (C=O) groups excluding carboxylic acids is 2. The van der Waals surface area contributed by atoms with E-state index in [1.54, 1.807) is 0 Å². The Labute approximate surface area is 353 Å². The SMILES string of the molecule is C=CCCCCCCCCCCCCCCCC(=O)OC[C@H](COP(=O)(O)OC1C(O)C(O)C(O)[C@@H](O)C1O)OC(=O)CCCC/C=C/C/C=C/C/C=C/C/C=C/CC. The normalized spacial score (nSPS) is 22.7. The summed E-state index contributed by atoms with van der Waals surface area (Å²) in [7, 11) is -5.13. The van der Waals surface area contributed by atoms with Crippen molar-refractivity contribution in [2.45, 2.75) is 197 Å². The zero-order valence-corrected chi connectivity index (χ0v) is 36.5. The maximum Gasteiger partial charge on any atom is 0.472 e. The van der Waals surface area contributed by atoms with Crippen LogP contribution < -0.4 is 0 Å². The summed E-state index contributed by atoms with van der Waals surface area (Å²) in [6, 6.07) is 0. The van der Waals surface area contributed by atoms with Gasteiger partial charge in [-0.2, -0.15) is 0 Å². The number of rotatable bonds is 36. The van der Waals surface area contributed by atoms with Crippen LogP contribution in [0.1, 0.15) is 155 Å². The van der Waals surface area contributed by atoms with Crippen LogP contribution in [-0.2, 0) is 32.7 Å². The minimum absolute atomic E-state index is 0.0419. The van der Waals surface area contributed by atoms with Crippen molar-refractivity contribution >= 4 is 19.8 Å². The highest BCUT2D eigenvalue weighted by Gasteiger charge is 2.51. The van der Waals surface area contributed by atoms with Crippen LogP contribution in [0.2, 0.25) is 0 Å². The van der Waals surface area contributed by atoms with Gasteiger partial charge in [-0.25, -0.2) is 4.57 Å². The van der Waals surface area contributed by atoms with Gasteiger partial charge in [0.1, 0.15) is 43.2 Å². The average Bonchev–Trinajstić information content (AvgIpc) is 3.21. The zero-order chi connectivity index (χ0) is 43.6. The van der Waals surface area contributed by atoms with Gasteiger partial charge in [-0.1, -0.05) is 132 Å². The summed E-state index contributed by atoms with van der Waals surface area (Å²) in [4.78, 5) is 35.6. The molecule has 59 heavy (non-hydrogen) atoms. The molecule has 340 valence electrons. The monoisotopic (exact) mass is 857 g/mol. The maximum atomic E-state index is 12.8. The molecule has 13 nitrogen and oxygen atoms in total. The van der Waals surface area contributed by atoms with E-state index in [9.17, 15) is 44.6 Å². The summed E-state index contributed by atoms with van der Waals surface area (Å²) < 4.78 is 33.4. The number of unbranched alkanes of at least 4 members (excludes halogenated alkanes) is 15. The minimum atomic E-state index is -5.13. The molecule has 6 unspecified atom stereocenters. The average molecular weight is 857 g/mol. The standard InChI is InChI=1S/C45H77O13P/c1-3-5-7-9-11-13-15-17-19-21-23-25-27-29-31-33-38(46)55-35-37(36-56-59(53,54)58-45-43(51)41(49)40(48)42(50)44(45)52)57-39(47)34-32-30-28-26-24-22-20-18-16-14-12-10-8-6-4-2/h3,6,8,12,14,18,20,24,26,37,40-45,48-52H,1,4-5,7,9-11,13,15-17,19,21-23,25,27-36H2,2H3,(H,53,54)/b8-6+,14-12+,20-18+,26-24+/t37-,40?,41-,42?,43?,44?,45?/m1/s1. The van der Waals surface area contributed by atoms with Gasteiger partial charge in [0.2, 0.25) is 0 Å². The predicted octanol–water partition coefficient (Wildman–Crippen LogP) is 8.16. The quantitative estimate of drug-likeness (QED) is 0.0152. The molecule has 0 aromatic carbocycles. The van der Waals surface area contributed by atoms with E-state index in [0.29, 0.717) is 19.3 Å². The molecule has 0 spiro atoms. The van der Waals surface area contributed by atoms with E-state index < -0.39 is 75.7 Å². The second kappa shape index (κ2) is 35.2. The number of ether oxygens (including phenoxy) is 2. The Kier molecular flexibility index (Phi) is 32.5. The highest BCUT2D eigenvalue weighted by molar-refractivity contribution is 7.47. The number of allylic oxidation sites excluding steroid dienone is 9. The molecule has 1 saturated carbocycles. The lowest BCUT2D eigenvalue weighted by atomic mass is 9.85. The first kappa shape index (κ1) is 54.6. The highest BCUT2D eigenvalue weighted by Crippen LogP contribution is 2.47. The van der Waals surface area contributed by atoms with E-state index in [1.165, 1.54) is 57.8 Å². The molecule has 0 aromatic heterocycles. The lowest BCUT2D eigenvalue weighted by Gasteiger charge is -2.41. The Bertz CT molecular complexity index is 1250. The first-order valence-corrected chi connectivity index (χ1v) is 23.5. The topological polar surface area (TPSA) is 210 Å². The van der Waals surface area contributed by atoms with Crippen LogP contribution in [0.25, 0.3) is 0 Å². The molecule has 0 aromatic rings. The number of carbonyl (C=O) groups is 2. The lowest BCUT2D eigenvalue weighted by molar-refractivity contribution is -0.220. The van der Waals surface area contributed by atoms with Gasteiger partial charge in [0, 0.05) is 12.8 Å². The van der Waals surface area contributed by atoms with E-state index in [1.807, 2.05) is 12.2 Å². The number of aliphatic hydroxyl groups is 5. The summed E-state index contributed by atoms with van der Waals surface area (Å²) in [6.45, 7) is 4.66. The van der Waals surface area contributed by atoms with Crippen LogP contribution >= 0.6 is 7.82 Å². The summed E-state index contributed by atoms with van der Waals surface area (Å²) in [5, 5.41) is 50.1. The Hall–Kier alpha value is -2.45. The van der Waals surface area contributed by atoms with Gasteiger partial charge >= 0.3 is 19.8 Å². The molecule has 1 rings (SSSR count). The molecule has 0 amide bonds. The summed E-state index contributed by atoms with van der Waals surface area (Å²) >= 11 is 0. The number of aliphatic hydroxyl groups excluding tert-OH is 5. The van der Waals surface area contributed by atoms with Crippen molar-refractivity contribution in [1.82, 2.24) is 0 Å². The molecule has 1 aliphatic carbocycles. The van der Waals surface area contributed by atoms with Crippen LogP contribution in [0.15, 0.2) is 61.3 Å². The van der Waals surface area contributed by atoms with Crippen molar-refractivity contribution in [1.29, 1.82) is 0 Å². The Morgan fingerprint density at radius 1 is 0.576 bits per heavy atom. The van der Waals surface area contributed by atoms with Gasteiger partial charge in [-0.05, 0) is 64.2 Å². The van der Waals surface area contributed by atoms with E-state index in [0.717, 1.165) is 57.8 Å². The van der Waals surface area contributed by atoms with Gasteiger partial charge in [0.05, 0.1) is 6.61 Å². The minimum Gasteiger partial charge on any atom is -0.462 e. The molecule has 1 fully saturated rings. The fraction of sp³-hybridized carbons (Fsp3) is 0.733. The summed E-state index contributed by atoms with van der Waals surface area (Å²) in [5.41, 5.74) is 0. The summed E-state index contributed by atoms with van der Waals surface area (Å²) in [5.74, 6) is -1.15. The number of hydrogen-bond donors (Lipinski definition) is 6. The van der Waals surface area contributed by atoms with E-state index in [-0.39, 0.29) is 12.8 Å². The van der Waals surface area contributed by atoms with Crippen LogP contribution in [0.5, 0.6) is 0 Å². The first-order chi connectivity index (χ1) is 28.4. The molecule has 0 heterocycles. The molecule has 6 N–H and O–H groups in total. The number of hydrogen-bond acceptors (Lipinski definition) is 12. The molecule has 14 heteroatoms. The van der Waals surface area contributed by atoms with Crippen LogP contribution in [0.4, 0.5) is 0 Å². The smallest absolute Gasteiger partial charge is 0.462 e. The van der Waals surface area contributed by atoms with Gasteiger partial charge in [-0.3, -0.25) is 18.6 Å². The fourth-order valence-corrected chi connectivity index (χ4v) is 7.41. The van der Waals surface area contributed by atoms with E-state index >= 15 is 0 Å². The molecule has 0 saturated heterocycles. The molecule has 1 aliphatic rings. The lowest BCUT2D eigenvalue weighted by Crippen LogP contribution is -2.64. The second-order valence-electron chi connectivity index (χ2n) is 15.3. The Morgan fingerprint density at radius 2 is 1.00 bits per heavy atom. The van der Waals surface area contributed by atoms with Crippen LogP contribution in [0.3, 0.4) is 0 Å². The van der Waals surface area contributed by atoms with Crippen molar-refractivity contribution < 1.29 is 63.1 Å². The van der Waals surface area contributed by atoms with Crippen LogP contribution in [0, 0.1) is 0 Å². The fourth-order valence-electron chi connectivity index (χ4n) is 6.43. The van der Waals surface area contributed by atoms with Crippen molar-refractivity contribution in [2.24, 2.45) is 0 Å². The Balaban J connectivity index is 2.50. The summed E-state index contributed by atoms with van der Waals surface area (Å²) in [6.07, 6.45) is 27.5. The Morgan fingerprint density at radius 3 is 1.53 bits per heavy atom. The molecule has 8 atom stereocenters. The predicted molar refractivity (Wildman–Crippen MR) is 230 cm³/mol. The highest BCUT2D eigenvalue weighted by atomic mass is 31.2. The van der Waals surface area contributed by atoms with Crippen molar-refractivity contribution in [3.8, 4) is 0 Å². The molecule has 0 radical (unpaired) electrons. The number of esters is 2. The number of phosphoric ester groups is 1. The first-order valence-electron chi connectivity index (χ1n) is 22.1. The van der Waals surface area contributed by atoms with Gasteiger partial charge in [0.25, 0.3) is 0 Å². The van der Waals surface area contributed by atoms with E-state index in [2.05, 4.69) is 56.0 Å². The third kappa shape index (κ3) is 27.9. The van der Waals surface area contributed by atoms with Crippen molar-refractivity contribution in [3.05, 3.63) is 61.3 Å². The second-order valence-corrected chi connectivity index (χ2v) is 16.7. The maximum absolute atomic E-state index is 12.8. The molecular formula is C45H77O13P. The third-order valence-corrected chi connectivity index (χ3v) is 11.0. The van der Waals surface area contributed by atoms with Crippen molar-refractivity contribution in [2.75, 3.05) is 13.2 Å². The molecular weight excluding hydrogens is 779 g/mol. The van der Waals surface area contributed by atoms with Crippen molar-refractivity contribution in [3.63, 3.8) is 0 Å². The zero-order valence-electron chi connectivity index (χ0n) is 35.6. The van der Waals surface area contributed by atoms with E-state index in [4.69, 9.17) is 18.5 Å². The van der Waals surface area contributed by atoms with Gasteiger partial charge in [0.15, 0.2) is 6.10 Å². The number of phosphoric acid groups is 1.